The number of rotatable bonds is 2. The number of amides is 1. The average Bonchev–Trinajstić information content (AvgIpc) is 3.05. The van der Waals surface area contributed by atoms with E-state index < -0.39 is 0 Å². The lowest BCUT2D eigenvalue weighted by molar-refractivity contribution is -0.146. The number of esters is 1. The van der Waals surface area contributed by atoms with E-state index in [1.165, 1.54) is 31.9 Å². The smallest absolute Gasteiger partial charge is 0.308 e. The maximum atomic E-state index is 12.5. The fourth-order valence-electron chi connectivity index (χ4n) is 5.49. The molecule has 1 amide bonds. The van der Waals surface area contributed by atoms with Crippen molar-refractivity contribution in [1.29, 1.82) is 0 Å². The van der Waals surface area contributed by atoms with Gasteiger partial charge in [-0.25, -0.2) is 0 Å². The van der Waals surface area contributed by atoms with Crippen LogP contribution >= 0.6 is 0 Å². The largest absolute Gasteiger partial charge is 0.469 e. The van der Waals surface area contributed by atoms with Crippen LogP contribution in [0, 0.1) is 17.8 Å². The Morgan fingerprint density at radius 1 is 1.16 bits per heavy atom. The van der Waals surface area contributed by atoms with Gasteiger partial charge < -0.3 is 10.1 Å². The van der Waals surface area contributed by atoms with Crippen LogP contribution in [0.4, 0.5) is 0 Å². The lowest BCUT2D eigenvalue weighted by atomic mass is 9.80. The third-order valence-electron chi connectivity index (χ3n) is 6.87. The highest BCUT2D eigenvalue weighted by Gasteiger charge is 2.46. The second-order valence-electron chi connectivity index (χ2n) is 8.23. The van der Waals surface area contributed by atoms with E-state index in [0.717, 1.165) is 45.1 Å². The Hall–Kier alpha value is -1.36. The molecule has 0 bridgehead atoms. The molecule has 3 atom stereocenters. The molecule has 0 aromatic carbocycles. The van der Waals surface area contributed by atoms with Crippen molar-refractivity contribution in [1.82, 2.24) is 10.2 Å². The first-order valence-electron chi connectivity index (χ1n) is 10.0. The van der Waals surface area contributed by atoms with Crippen LogP contribution < -0.4 is 5.32 Å². The molecular weight excluding hydrogens is 316 g/mol. The summed E-state index contributed by atoms with van der Waals surface area (Å²) in [6, 6.07) is 0.452. The van der Waals surface area contributed by atoms with Crippen molar-refractivity contribution in [3.05, 3.63) is 11.6 Å². The van der Waals surface area contributed by atoms with Crippen LogP contribution in [0.1, 0.15) is 57.8 Å². The Morgan fingerprint density at radius 2 is 1.92 bits per heavy atom. The first-order valence-corrected chi connectivity index (χ1v) is 10.0. The maximum absolute atomic E-state index is 12.5. The minimum absolute atomic E-state index is 0.0546. The molecule has 2 heterocycles. The summed E-state index contributed by atoms with van der Waals surface area (Å²) in [5, 5.41) is 3.30. The minimum Gasteiger partial charge on any atom is -0.469 e. The van der Waals surface area contributed by atoms with Gasteiger partial charge in [0.05, 0.1) is 18.9 Å². The van der Waals surface area contributed by atoms with E-state index >= 15 is 0 Å². The molecule has 0 radical (unpaired) electrons. The second-order valence-corrected chi connectivity index (χ2v) is 8.23. The number of allylic oxidation sites excluding steroid dienone is 1. The van der Waals surface area contributed by atoms with E-state index in [0.29, 0.717) is 12.0 Å². The van der Waals surface area contributed by atoms with Gasteiger partial charge in [-0.2, -0.15) is 0 Å². The minimum atomic E-state index is -0.0546. The first-order chi connectivity index (χ1) is 12.2. The Balaban J connectivity index is 1.42. The molecule has 4 fully saturated rings. The fourth-order valence-corrected chi connectivity index (χ4v) is 5.49. The van der Waals surface area contributed by atoms with Crippen molar-refractivity contribution >= 4 is 11.9 Å². The van der Waals surface area contributed by atoms with Crippen LogP contribution in [0.2, 0.25) is 0 Å². The number of fused-ring (bicyclic) bond motifs is 3. The molecule has 2 saturated carbocycles. The lowest BCUT2D eigenvalue weighted by Gasteiger charge is -2.45. The van der Waals surface area contributed by atoms with Crippen molar-refractivity contribution in [3.63, 3.8) is 0 Å². The van der Waals surface area contributed by atoms with Gasteiger partial charge in [-0.05, 0) is 56.4 Å². The van der Waals surface area contributed by atoms with E-state index in [1.54, 1.807) is 0 Å². The van der Waals surface area contributed by atoms with Gasteiger partial charge in [0.2, 0.25) is 5.91 Å². The normalized spacial score (nSPS) is 40.3. The van der Waals surface area contributed by atoms with Gasteiger partial charge in [0, 0.05) is 12.6 Å². The third kappa shape index (κ3) is 3.23. The predicted molar refractivity (Wildman–Crippen MR) is 94.5 cm³/mol. The Morgan fingerprint density at radius 3 is 2.68 bits per heavy atom. The zero-order chi connectivity index (χ0) is 17.4. The highest BCUT2D eigenvalue weighted by Crippen LogP contribution is 2.39. The molecule has 5 nitrogen and oxygen atoms in total. The molecule has 4 aliphatic rings. The fraction of sp³-hybridized carbons (Fsp3) is 0.800. The van der Waals surface area contributed by atoms with E-state index in [9.17, 15) is 9.59 Å². The summed E-state index contributed by atoms with van der Waals surface area (Å²) >= 11 is 0. The van der Waals surface area contributed by atoms with Crippen LogP contribution in [0.15, 0.2) is 11.6 Å². The van der Waals surface area contributed by atoms with Crippen molar-refractivity contribution in [2.75, 3.05) is 13.7 Å². The van der Waals surface area contributed by atoms with Crippen molar-refractivity contribution < 1.29 is 14.3 Å². The van der Waals surface area contributed by atoms with Crippen molar-refractivity contribution in [2.45, 2.75) is 70.0 Å². The molecule has 0 aromatic heterocycles. The van der Waals surface area contributed by atoms with Gasteiger partial charge >= 0.3 is 5.97 Å². The van der Waals surface area contributed by atoms with Gasteiger partial charge in [-0.1, -0.05) is 18.9 Å². The van der Waals surface area contributed by atoms with E-state index in [2.05, 4.69) is 16.3 Å². The zero-order valence-electron chi connectivity index (χ0n) is 15.2. The molecule has 0 spiro atoms. The molecule has 1 N–H and O–H groups in total. The second kappa shape index (κ2) is 7.10. The predicted octanol–water partition coefficient (Wildman–Crippen LogP) is 2.61. The molecule has 3 unspecified atom stereocenters. The molecule has 5 heteroatoms. The standard InChI is InChI=1S/C20H30N2O3/c1-25-20(24)14-8-6-13(7-9-14)12-15-10-11-22-17-5-3-2-4-16(17)19(23)21-18(15)22/h12-14,16-18H,2-11H2,1H3,(H,21,23)/b15-12+. The van der Waals surface area contributed by atoms with Crippen molar-refractivity contribution in [3.8, 4) is 0 Å². The number of ether oxygens (including phenoxy) is 1. The molecule has 4 rings (SSSR count). The van der Waals surface area contributed by atoms with Crippen LogP contribution in [0.3, 0.4) is 0 Å². The Kier molecular flexibility index (Phi) is 4.85. The van der Waals surface area contributed by atoms with Crippen molar-refractivity contribution in [2.24, 2.45) is 17.8 Å². The van der Waals surface area contributed by atoms with E-state index in [-0.39, 0.29) is 29.9 Å². The zero-order valence-corrected chi connectivity index (χ0v) is 15.2. The van der Waals surface area contributed by atoms with E-state index in [1.807, 2.05) is 0 Å². The molecule has 2 saturated heterocycles. The average molecular weight is 346 g/mol. The summed E-state index contributed by atoms with van der Waals surface area (Å²) in [7, 11) is 1.48. The van der Waals surface area contributed by atoms with Gasteiger partial charge in [-0.3, -0.25) is 14.5 Å². The van der Waals surface area contributed by atoms with Gasteiger partial charge in [0.1, 0.15) is 6.17 Å². The molecule has 2 aliphatic carbocycles. The van der Waals surface area contributed by atoms with E-state index in [4.69, 9.17) is 4.74 Å². The Bertz CT molecular complexity index is 565. The monoisotopic (exact) mass is 346 g/mol. The molecule has 25 heavy (non-hydrogen) atoms. The highest BCUT2D eigenvalue weighted by molar-refractivity contribution is 5.81. The number of nitrogens with zero attached hydrogens (tertiary/aromatic N) is 1. The van der Waals surface area contributed by atoms with Gasteiger partial charge in [-0.15, -0.1) is 0 Å². The number of hydrogen-bond acceptors (Lipinski definition) is 4. The molecule has 138 valence electrons. The molecule has 2 aliphatic heterocycles. The summed E-state index contributed by atoms with van der Waals surface area (Å²) < 4.78 is 4.88. The number of carbonyl (C=O) groups excluding carboxylic acids is 2. The Labute approximate surface area is 150 Å². The summed E-state index contributed by atoms with van der Waals surface area (Å²) in [4.78, 5) is 26.8. The summed E-state index contributed by atoms with van der Waals surface area (Å²) in [6.07, 6.45) is 12.2. The molecular formula is C20H30N2O3. The van der Waals surface area contributed by atoms with Crippen LogP contribution in [0.25, 0.3) is 0 Å². The summed E-state index contributed by atoms with van der Waals surface area (Å²) in [5.74, 6) is 1.04. The SMILES string of the molecule is COC(=O)C1CCC(/C=C2\CCN3C2NC(=O)C2CCCCC23)CC1. The van der Waals surface area contributed by atoms with Crippen LogP contribution in [0.5, 0.6) is 0 Å². The number of hydrogen-bond donors (Lipinski definition) is 1. The highest BCUT2D eigenvalue weighted by atomic mass is 16.5. The quantitative estimate of drug-likeness (QED) is 0.617. The lowest BCUT2D eigenvalue weighted by Crippen LogP contribution is -2.61. The van der Waals surface area contributed by atoms with Gasteiger partial charge in [0.15, 0.2) is 0 Å². The third-order valence-corrected chi connectivity index (χ3v) is 6.87. The van der Waals surface area contributed by atoms with Gasteiger partial charge in [0.25, 0.3) is 0 Å². The summed E-state index contributed by atoms with van der Waals surface area (Å²) in [6.45, 7) is 1.08. The van der Waals surface area contributed by atoms with Crippen LogP contribution in [-0.4, -0.2) is 42.6 Å². The molecule has 0 aromatic rings. The number of nitrogens with one attached hydrogen (secondary N) is 1. The first kappa shape index (κ1) is 17.1. The number of carbonyl (C=O) groups is 2. The topological polar surface area (TPSA) is 58.6 Å². The summed E-state index contributed by atoms with van der Waals surface area (Å²) in [5.41, 5.74) is 1.40. The maximum Gasteiger partial charge on any atom is 0.308 e. The number of methoxy groups -OCH3 is 1. The van der Waals surface area contributed by atoms with Crippen LogP contribution in [-0.2, 0) is 14.3 Å².